The SMILES string of the molecule is CCc1cccc2c(C(=O)NCc3ccccc3)cn(CCCC3CCN(CCOc4ccccc4)CC3)c12. The number of nitrogens with zero attached hydrogens (tertiary/aromatic N) is 2. The molecule has 0 saturated carbocycles. The zero-order valence-electron chi connectivity index (χ0n) is 23.1. The first kappa shape index (κ1) is 27.0. The number of hydrogen-bond acceptors (Lipinski definition) is 3. The molecule has 0 radical (unpaired) electrons. The summed E-state index contributed by atoms with van der Waals surface area (Å²) in [5.74, 6) is 1.73. The zero-order valence-corrected chi connectivity index (χ0v) is 23.1. The van der Waals surface area contributed by atoms with Gasteiger partial charge in [-0.3, -0.25) is 9.69 Å². The molecular formula is C34H41N3O2. The largest absolute Gasteiger partial charge is 0.492 e. The molecule has 1 saturated heterocycles. The Bertz CT molecular complexity index is 1320. The molecule has 1 amide bonds. The number of para-hydroxylation sites is 2. The Morgan fingerprint density at radius 1 is 0.923 bits per heavy atom. The molecule has 1 aliphatic heterocycles. The van der Waals surface area contributed by atoms with Crippen LogP contribution in [0.5, 0.6) is 5.75 Å². The topological polar surface area (TPSA) is 46.5 Å². The average Bonchev–Trinajstić information content (AvgIpc) is 3.37. The lowest BCUT2D eigenvalue weighted by Crippen LogP contribution is -2.36. The third kappa shape index (κ3) is 7.10. The maximum Gasteiger partial charge on any atom is 0.253 e. The lowest BCUT2D eigenvalue weighted by atomic mass is 9.92. The number of nitrogens with one attached hydrogen (secondary N) is 1. The van der Waals surface area contributed by atoms with Crippen molar-refractivity contribution in [1.29, 1.82) is 0 Å². The van der Waals surface area contributed by atoms with E-state index in [9.17, 15) is 4.79 Å². The van der Waals surface area contributed by atoms with Crippen molar-refractivity contribution in [2.45, 2.75) is 52.1 Å². The highest BCUT2D eigenvalue weighted by atomic mass is 16.5. The molecule has 1 aromatic heterocycles. The molecule has 0 atom stereocenters. The summed E-state index contributed by atoms with van der Waals surface area (Å²) in [6.45, 7) is 7.73. The summed E-state index contributed by atoms with van der Waals surface area (Å²) in [7, 11) is 0. The molecule has 0 bridgehead atoms. The molecular weight excluding hydrogens is 482 g/mol. The van der Waals surface area contributed by atoms with Gasteiger partial charge in [0.05, 0.1) is 11.1 Å². The van der Waals surface area contributed by atoms with E-state index in [2.05, 4.69) is 46.1 Å². The second-order valence-electron chi connectivity index (χ2n) is 10.7. The molecule has 1 aliphatic rings. The van der Waals surface area contributed by atoms with Gasteiger partial charge in [-0.05, 0) is 74.4 Å². The highest BCUT2D eigenvalue weighted by Gasteiger charge is 2.20. The number of ether oxygens (including phenoxy) is 1. The first-order valence-corrected chi connectivity index (χ1v) is 14.5. The van der Waals surface area contributed by atoms with Crippen LogP contribution in [-0.2, 0) is 19.5 Å². The van der Waals surface area contributed by atoms with Crippen LogP contribution in [0.25, 0.3) is 10.9 Å². The summed E-state index contributed by atoms with van der Waals surface area (Å²) in [4.78, 5) is 15.7. The van der Waals surface area contributed by atoms with Crippen LogP contribution in [0.4, 0.5) is 0 Å². The Hall–Kier alpha value is -3.57. The number of carbonyl (C=O) groups is 1. The first-order valence-electron chi connectivity index (χ1n) is 14.5. The summed E-state index contributed by atoms with van der Waals surface area (Å²) in [6, 6.07) is 26.6. The molecule has 2 heterocycles. The molecule has 0 spiro atoms. The number of fused-ring (bicyclic) bond motifs is 1. The van der Waals surface area contributed by atoms with Gasteiger partial charge in [-0.1, -0.05) is 73.7 Å². The number of likely N-dealkylation sites (tertiary alicyclic amines) is 1. The molecule has 3 aromatic carbocycles. The number of rotatable bonds is 12. The number of benzene rings is 3. The van der Waals surface area contributed by atoms with Crippen LogP contribution in [-0.4, -0.2) is 41.6 Å². The van der Waals surface area contributed by atoms with Gasteiger partial charge in [-0.2, -0.15) is 0 Å². The van der Waals surface area contributed by atoms with Crippen LogP contribution in [0.1, 0.15) is 54.1 Å². The molecule has 1 N–H and O–H groups in total. The van der Waals surface area contributed by atoms with E-state index < -0.39 is 0 Å². The molecule has 0 aliphatic carbocycles. The van der Waals surface area contributed by atoms with Gasteiger partial charge in [0.2, 0.25) is 0 Å². The van der Waals surface area contributed by atoms with Gasteiger partial charge in [0.1, 0.15) is 12.4 Å². The summed E-state index contributed by atoms with van der Waals surface area (Å²) in [5.41, 5.74) is 4.42. The van der Waals surface area contributed by atoms with Crippen LogP contribution in [0, 0.1) is 5.92 Å². The molecule has 204 valence electrons. The Morgan fingerprint density at radius 3 is 2.41 bits per heavy atom. The maximum atomic E-state index is 13.2. The lowest BCUT2D eigenvalue weighted by Gasteiger charge is -2.31. The molecule has 0 unspecified atom stereocenters. The van der Waals surface area contributed by atoms with Crippen molar-refractivity contribution in [2.75, 3.05) is 26.2 Å². The number of aryl methyl sites for hydroxylation is 2. The minimum atomic E-state index is -0.000489. The monoisotopic (exact) mass is 523 g/mol. The van der Waals surface area contributed by atoms with E-state index >= 15 is 0 Å². The fourth-order valence-corrected chi connectivity index (χ4v) is 5.81. The lowest BCUT2D eigenvalue weighted by molar-refractivity contribution is 0.0952. The molecule has 4 aromatic rings. The standard InChI is InChI=1S/C34H41N3O2/c1-2-29-14-9-17-31-32(34(38)35-25-28-11-5-3-6-12-28)26-37(33(29)31)20-10-13-27-18-21-36(22-19-27)23-24-39-30-15-7-4-8-16-30/h3-9,11-12,14-17,26-27H,2,10,13,18-25H2,1H3,(H,35,38). The van der Waals surface area contributed by atoms with Crippen molar-refractivity contribution in [3.8, 4) is 5.75 Å². The fraction of sp³-hybridized carbons (Fsp3) is 0.382. The predicted octanol–water partition coefficient (Wildman–Crippen LogP) is 6.70. The Kier molecular flexibility index (Phi) is 9.34. The highest BCUT2D eigenvalue weighted by Crippen LogP contribution is 2.28. The third-order valence-electron chi connectivity index (χ3n) is 8.04. The summed E-state index contributed by atoms with van der Waals surface area (Å²) >= 11 is 0. The molecule has 5 nitrogen and oxygen atoms in total. The summed E-state index contributed by atoms with van der Waals surface area (Å²) in [5, 5.41) is 4.19. The van der Waals surface area contributed by atoms with Crippen molar-refractivity contribution >= 4 is 16.8 Å². The first-order chi connectivity index (χ1) is 19.2. The van der Waals surface area contributed by atoms with Gasteiger partial charge in [0, 0.05) is 31.2 Å². The van der Waals surface area contributed by atoms with E-state index in [1.807, 2.05) is 60.7 Å². The van der Waals surface area contributed by atoms with Crippen molar-refractivity contribution in [3.63, 3.8) is 0 Å². The van der Waals surface area contributed by atoms with Crippen molar-refractivity contribution < 1.29 is 9.53 Å². The minimum absolute atomic E-state index is 0.000489. The molecule has 39 heavy (non-hydrogen) atoms. The predicted molar refractivity (Wildman–Crippen MR) is 159 cm³/mol. The Morgan fingerprint density at radius 2 is 1.67 bits per heavy atom. The maximum absolute atomic E-state index is 13.2. The number of amides is 1. The molecule has 5 rings (SSSR count). The second-order valence-corrected chi connectivity index (χ2v) is 10.7. The van der Waals surface area contributed by atoms with E-state index in [4.69, 9.17) is 4.74 Å². The van der Waals surface area contributed by atoms with Crippen molar-refractivity contribution in [1.82, 2.24) is 14.8 Å². The zero-order chi connectivity index (χ0) is 26.9. The van der Waals surface area contributed by atoms with Crippen molar-refractivity contribution in [2.24, 2.45) is 5.92 Å². The molecule has 5 heteroatoms. The van der Waals surface area contributed by atoms with E-state index in [1.165, 1.54) is 30.3 Å². The van der Waals surface area contributed by atoms with Gasteiger partial charge < -0.3 is 14.6 Å². The normalized spacial score (nSPS) is 14.5. The number of piperidine rings is 1. The average molecular weight is 524 g/mol. The van der Waals surface area contributed by atoms with Crippen molar-refractivity contribution in [3.05, 3.63) is 102 Å². The number of hydrogen-bond donors (Lipinski definition) is 1. The quantitative estimate of drug-likeness (QED) is 0.225. The second kappa shape index (κ2) is 13.5. The van der Waals surface area contributed by atoms with Gasteiger partial charge in [0.25, 0.3) is 5.91 Å². The van der Waals surface area contributed by atoms with Crippen LogP contribution in [0.2, 0.25) is 0 Å². The molecule has 1 fully saturated rings. The van der Waals surface area contributed by atoms with Gasteiger partial charge in [-0.15, -0.1) is 0 Å². The number of carbonyl (C=O) groups excluding carboxylic acids is 1. The highest BCUT2D eigenvalue weighted by molar-refractivity contribution is 6.07. The van der Waals surface area contributed by atoms with Crippen LogP contribution in [0.3, 0.4) is 0 Å². The van der Waals surface area contributed by atoms with E-state index in [0.29, 0.717) is 6.54 Å². The number of aromatic nitrogens is 1. The van der Waals surface area contributed by atoms with Gasteiger partial charge >= 0.3 is 0 Å². The van der Waals surface area contributed by atoms with Crippen LogP contribution in [0.15, 0.2) is 85.1 Å². The van der Waals surface area contributed by atoms with E-state index in [1.54, 1.807) is 0 Å². The summed E-state index contributed by atoms with van der Waals surface area (Å²) < 4.78 is 8.22. The Labute approximate surface area is 232 Å². The van der Waals surface area contributed by atoms with Gasteiger partial charge in [-0.25, -0.2) is 0 Å². The van der Waals surface area contributed by atoms with Crippen LogP contribution < -0.4 is 10.1 Å². The van der Waals surface area contributed by atoms with Gasteiger partial charge in [0.15, 0.2) is 0 Å². The smallest absolute Gasteiger partial charge is 0.253 e. The van der Waals surface area contributed by atoms with E-state index in [0.717, 1.165) is 73.8 Å². The van der Waals surface area contributed by atoms with Crippen LogP contribution >= 0.6 is 0 Å². The minimum Gasteiger partial charge on any atom is -0.492 e. The third-order valence-corrected chi connectivity index (χ3v) is 8.04. The summed E-state index contributed by atoms with van der Waals surface area (Å²) in [6.07, 6.45) is 7.92. The fourth-order valence-electron chi connectivity index (χ4n) is 5.81. The van der Waals surface area contributed by atoms with E-state index in [-0.39, 0.29) is 5.91 Å². The Balaban J connectivity index is 1.13.